The highest BCUT2D eigenvalue weighted by atomic mass is 35.5. The lowest BCUT2D eigenvalue weighted by atomic mass is 10.2. The molecule has 5 nitrogen and oxygen atoms in total. The molecule has 152 valence electrons. The number of amides is 1. The molecule has 1 aromatic heterocycles. The molecule has 3 aromatic rings. The summed E-state index contributed by atoms with van der Waals surface area (Å²) in [5.41, 5.74) is 0.827. The average molecular weight is 471 g/mol. The van der Waals surface area contributed by atoms with Crippen molar-refractivity contribution in [3.8, 4) is 0 Å². The summed E-state index contributed by atoms with van der Waals surface area (Å²) in [5, 5.41) is 4.56. The van der Waals surface area contributed by atoms with Crippen LogP contribution in [-0.4, -0.2) is 20.7 Å². The highest BCUT2D eigenvalue weighted by molar-refractivity contribution is 8.00. The number of anilines is 1. The largest absolute Gasteiger partial charge is 0.324 e. The standard InChI is InChI=1S/C20H18Cl3N3O2S/c1-3-8-26-19(28)14-6-4-13(22)10-17(14)25-20(26)29-11(2)18(27)24-16-7-5-12(21)9-15(16)23/h4-7,9-11H,3,8H2,1-2H3,(H,24,27). The van der Waals surface area contributed by atoms with E-state index in [0.717, 1.165) is 6.42 Å². The Morgan fingerprint density at radius 1 is 1.17 bits per heavy atom. The normalized spacial score (nSPS) is 12.2. The van der Waals surface area contributed by atoms with Gasteiger partial charge in [0.1, 0.15) is 0 Å². The summed E-state index contributed by atoms with van der Waals surface area (Å²) in [6, 6.07) is 9.84. The van der Waals surface area contributed by atoms with E-state index < -0.39 is 5.25 Å². The van der Waals surface area contributed by atoms with Crippen LogP contribution in [0.4, 0.5) is 5.69 Å². The molecule has 0 fully saturated rings. The Kier molecular flexibility index (Phi) is 7.11. The number of hydrogen-bond acceptors (Lipinski definition) is 4. The van der Waals surface area contributed by atoms with Gasteiger partial charge in [-0.25, -0.2) is 4.98 Å². The number of aromatic nitrogens is 2. The van der Waals surface area contributed by atoms with E-state index in [9.17, 15) is 9.59 Å². The third kappa shape index (κ3) is 5.07. The number of rotatable bonds is 6. The fourth-order valence-electron chi connectivity index (χ4n) is 2.72. The molecule has 0 aliphatic carbocycles. The molecule has 0 saturated heterocycles. The Balaban J connectivity index is 1.90. The van der Waals surface area contributed by atoms with Gasteiger partial charge < -0.3 is 5.32 Å². The SMILES string of the molecule is CCCn1c(SC(C)C(=O)Nc2ccc(Cl)cc2Cl)nc2cc(Cl)ccc2c1=O. The number of benzene rings is 2. The molecule has 9 heteroatoms. The minimum Gasteiger partial charge on any atom is -0.324 e. The molecule has 1 heterocycles. The number of halogens is 3. The van der Waals surface area contributed by atoms with Gasteiger partial charge in [-0.05, 0) is 49.7 Å². The van der Waals surface area contributed by atoms with Gasteiger partial charge in [-0.3, -0.25) is 14.2 Å². The molecule has 0 spiro atoms. The maximum Gasteiger partial charge on any atom is 0.262 e. The van der Waals surface area contributed by atoms with Crippen molar-refractivity contribution in [1.29, 1.82) is 0 Å². The predicted octanol–water partition coefficient (Wildman–Crippen LogP) is 5.89. The van der Waals surface area contributed by atoms with Gasteiger partial charge in [-0.1, -0.05) is 53.5 Å². The van der Waals surface area contributed by atoms with Crippen LogP contribution in [0.5, 0.6) is 0 Å². The van der Waals surface area contributed by atoms with Crippen molar-refractivity contribution >= 4 is 69.1 Å². The molecule has 1 N–H and O–H groups in total. The molecule has 1 amide bonds. The van der Waals surface area contributed by atoms with E-state index >= 15 is 0 Å². The monoisotopic (exact) mass is 469 g/mol. The van der Waals surface area contributed by atoms with Gasteiger partial charge in [-0.15, -0.1) is 0 Å². The second-order valence-electron chi connectivity index (χ2n) is 6.39. The van der Waals surface area contributed by atoms with Gasteiger partial charge in [0, 0.05) is 16.6 Å². The van der Waals surface area contributed by atoms with Crippen molar-refractivity contribution in [3.63, 3.8) is 0 Å². The highest BCUT2D eigenvalue weighted by Crippen LogP contribution is 2.28. The fraction of sp³-hybridized carbons (Fsp3) is 0.250. The third-order valence-electron chi connectivity index (χ3n) is 4.17. The average Bonchev–Trinajstić information content (AvgIpc) is 2.66. The molecule has 3 rings (SSSR count). The summed E-state index contributed by atoms with van der Waals surface area (Å²) in [4.78, 5) is 30.2. The quantitative estimate of drug-likeness (QED) is 0.360. The van der Waals surface area contributed by atoms with Gasteiger partial charge >= 0.3 is 0 Å². The summed E-state index contributed by atoms with van der Waals surface area (Å²) in [5.74, 6) is -0.261. The van der Waals surface area contributed by atoms with Gasteiger partial charge in [-0.2, -0.15) is 0 Å². The maximum atomic E-state index is 12.9. The van der Waals surface area contributed by atoms with E-state index in [1.54, 1.807) is 47.9 Å². The molecule has 0 aliphatic rings. The first-order valence-electron chi connectivity index (χ1n) is 8.92. The summed E-state index contributed by atoms with van der Waals surface area (Å²) in [6.07, 6.45) is 0.759. The number of carbonyl (C=O) groups is 1. The number of nitrogens with one attached hydrogen (secondary N) is 1. The number of fused-ring (bicyclic) bond motifs is 1. The van der Waals surface area contributed by atoms with E-state index in [1.807, 2.05) is 6.92 Å². The Hall–Kier alpha value is -1.73. The van der Waals surface area contributed by atoms with Gasteiger partial charge in [0.25, 0.3) is 5.56 Å². The van der Waals surface area contributed by atoms with Crippen LogP contribution in [0.15, 0.2) is 46.3 Å². The molecular formula is C20H18Cl3N3O2S. The molecule has 1 atom stereocenters. The lowest BCUT2D eigenvalue weighted by molar-refractivity contribution is -0.115. The Bertz CT molecular complexity index is 1130. The second kappa shape index (κ2) is 9.39. The van der Waals surface area contributed by atoms with Crippen LogP contribution in [0.25, 0.3) is 10.9 Å². The summed E-state index contributed by atoms with van der Waals surface area (Å²) < 4.78 is 1.60. The first-order chi connectivity index (χ1) is 13.8. The van der Waals surface area contributed by atoms with E-state index in [0.29, 0.717) is 43.4 Å². The van der Waals surface area contributed by atoms with Crippen molar-refractivity contribution < 1.29 is 4.79 Å². The predicted molar refractivity (Wildman–Crippen MR) is 122 cm³/mol. The van der Waals surface area contributed by atoms with Gasteiger partial charge in [0.2, 0.25) is 5.91 Å². The highest BCUT2D eigenvalue weighted by Gasteiger charge is 2.20. The number of hydrogen-bond donors (Lipinski definition) is 1. The van der Waals surface area contributed by atoms with Crippen LogP contribution >= 0.6 is 46.6 Å². The maximum absolute atomic E-state index is 12.9. The summed E-state index contributed by atoms with van der Waals surface area (Å²) in [6.45, 7) is 4.23. The van der Waals surface area contributed by atoms with E-state index in [4.69, 9.17) is 34.8 Å². The molecule has 2 aromatic carbocycles. The van der Waals surface area contributed by atoms with E-state index in [2.05, 4.69) is 10.3 Å². The second-order valence-corrected chi connectivity index (χ2v) is 8.97. The van der Waals surface area contributed by atoms with Crippen molar-refractivity contribution in [2.24, 2.45) is 0 Å². The summed E-state index contributed by atoms with van der Waals surface area (Å²) >= 11 is 19.3. The fourth-order valence-corrected chi connectivity index (χ4v) is 4.28. The lowest BCUT2D eigenvalue weighted by Crippen LogP contribution is -2.27. The van der Waals surface area contributed by atoms with Crippen LogP contribution in [-0.2, 0) is 11.3 Å². The van der Waals surface area contributed by atoms with Crippen LogP contribution in [0.3, 0.4) is 0 Å². The lowest BCUT2D eigenvalue weighted by Gasteiger charge is -2.16. The zero-order chi connectivity index (χ0) is 21.1. The van der Waals surface area contributed by atoms with Crippen molar-refractivity contribution in [2.75, 3.05) is 5.32 Å². The van der Waals surface area contributed by atoms with Crippen molar-refractivity contribution in [3.05, 3.63) is 61.8 Å². The van der Waals surface area contributed by atoms with Crippen LogP contribution in [0, 0.1) is 0 Å². The first kappa shape index (κ1) is 22.0. The van der Waals surface area contributed by atoms with Crippen LogP contribution < -0.4 is 10.9 Å². The number of thioether (sulfide) groups is 1. The smallest absolute Gasteiger partial charge is 0.262 e. The molecule has 0 aliphatic heterocycles. The molecule has 0 saturated carbocycles. The molecule has 0 radical (unpaired) electrons. The summed E-state index contributed by atoms with van der Waals surface area (Å²) in [7, 11) is 0. The first-order valence-corrected chi connectivity index (χ1v) is 10.9. The van der Waals surface area contributed by atoms with Crippen molar-refractivity contribution in [2.45, 2.75) is 37.2 Å². The van der Waals surface area contributed by atoms with Gasteiger partial charge in [0.05, 0.1) is 26.9 Å². The molecule has 0 bridgehead atoms. The Morgan fingerprint density at radius 2 is 1.86 bits per heavy atom. The number of carbonyl (C=O) groups excluding carboxylic acids is 1. The van der Waals surface area contributed by atoms with Crippen LogP contribution in [0.1, 0.15) is 20.3 Å². The van der Waals surface area contributed by atoms with Crippen molar-refractivity contribution in [1.82, 2.24) is 9.55 Å². The topological polar surface area (TPSA) is 64.0 Å². The third-order valence-corrected chi connectivity index (χ3v) is 6.04. The molecule has 29 heavy (non-hydrogen) atoms. The Labute approximate surface area is 187 Å². The van der Waals surface area contributed by atoms with Crippen LogP contribution in [0.2, 0.25) is 15.1 Å². The van der Waals surface area contributed by atoms with E-state index in [1.165, 1.54) is 11.8 Å². The zero-order valence-electron chi connectivity index (χ0n) is 15.7. The zero-order valence-corrected chi connectivity index (χ0v) is 18.8. The molecule has 1 unspecified atom stereocenters. The minimum atomic E-state index is -0.520. The Morgan fingerprint density at radius 3 is 2.55 bits per heavy atom. The number of nitrogens with zero attached hydrogens (tertiary/aromatic N) is 2. The molecular weight excluding hydrogens is 453 g/mol. The van der Waals surface area contributed by atoms with E-state index in [-0.39, 0.29) is 11.5 Å². The van der Waals surface area contributed by atoms with Gasteiger partial charge in [0.15, 0.2) is 5.16 Å². The minimum absolute atomic E-state index is 0.149.